The molecule has 0 saturated carbocycles. The Kier molecular flexibility index (Phi) is 5.28. The van der Waals surface area contributed by atoms with Crippen LogP contribution in [0.1, 0.15) is 11.7 Å². The number of carbonyl (C=O) groups is 1. The van der Waals surface area contributed by atoms with Gasteiger partial charge in [-0.15, -0.1) is 0 Å². The molecule has 0 unspecified atom stereocenters. The van der Waals surface area contributed by atoms with Crippen molar-refractivity contribution in [2.45, 2.75) is 13.5 Å². The number of rotatable bonds is 6. The number of thiophene rings is 1. The Morgan fingerprint density at radius 1 is 1.22 bits per heavy atom. The first-order valence-corrected chi connectivity index (χ1v) is 9.63. The van der Waals surface area contributed by atoms with Crippen LogP contribution in [0.3, 0.4) is 0 Å². The lowest BCUT2D eigenvalue weighted by atomic mass is 10.3. The monoisotopic (exact) mass is 388 g/mol. The van der Waals surface area contributed by atoms with Crippen LogP contribution < -0.4 is 5.32 Å². The molecule has 1 saturated heterocycles. The molecule has 9 nitrogen and oxygen atoms in total. The second-order valence-electron chi connectivity index (χ2n) is 6.45. The lowest BCUT2D eigenvalue weighted by Crippen LogP contribution is -2.48. The van der Waals surface area contributed by atoms with Gasteiger partial charge in [-0.2, -0.15) is 16.3 Å². The summed E-state index contributed by atoms with van der Waals surface area (Å²) in [5, 5.41) is 14.5. The maximum atomic E-state index is 12.1. The Bertz CT molecular complexity index is 882. The van der Waals surface area contributed by atoms with Gasteiger partial charge in [0.1, 0.15) is 5.76 Å². The van der Waals surface area contributed by atoms with Crippen LogP contribution in [0.2, 0.25) is 0 Å². The molecule has 4 rings (SSSR count). The number of piperazine rings is 1. The number of hydrogen-bond acceptors (Lipinski definition) is 9. The maximum Gasteiger partial charge on any atom is 0.241 e. The number of nitrogens with one attached hydrogen (secondary N) is 1. The highest BCUT2D eigenvalue weighted by Gasteiger charge is 2.21. The van der Waals surface area contributed by atoms with Crippen LogP contribution in [0, 0.1) is 6.92 Å². The van der Waals surface area contributed by atoms with Crippen molar-refractivity contribution in [3.8, 4) is 11.4 Å². The topological polar surface area (TPSA) is 101 Å². The molecule has 10 heteroatoms. The van der Waals surface area contributed by atoms with Gasteiger partial charge in [-0.25, -0.2) is 0 Å². The van der Waals surface area contributed by atoms with Crippen molar-refractivity contribution in [1.29, 1.82) is 0 Å². The number of anilines is 1. The average Bonchev–Trinajstić information content (AvgIpc) is 3.39. The van der Waals surface area contributed by atoms with E-state index in [2.05, 4.69) is 30.4 Å². The number of nitrogens with zero attached hydrogens (tertiary/aromatic N) is 5. The lowest BCUT2D eigenvalue weighted by Gasteiger charge is -2.33. The first-order valence-electron chi connectivity index (χ1n) is 8.69. The predicted octanol–water partition coefficient (Wildman–Crippen LogP) is 1.85. The Morgan fingerprint density at radius 2 is 2.04 bits per heavy atom. The summed E-state index contributed by atoms with van der Waals surface area (Å²) in [7, 11) is 0. The summed E-state index contributed by atoms with van der Waals surface area (Å²) in [5.74, 6) is 2.28. The van der Waals surface area contributed by atoms with Gasteiger partial charge in [0, 0.05) is 43.2 Å². The summed E-state index contributed by atoms with van der Waals surface area (Å²) in [6, 6.07) is 3.67. The van der Waals surface area contributed by atoms with Crippen molar-refractivity contribution < 1.29 is 13.8 Å². The highest BCUT2D eigenvalue weighted by Crippen LogP contribution is 2.19. The molecule has 4 heterocycles. The van der Waals surface area contributed by atoms with E-state index in [1.54, 1.807) is 24.3 Å². The Labute approximate surface area is 159 Å². The predicted molar refractivity (Wildman–Crippen MR) is 99.2 cm³/mol. The first-order chi connectivity index (χ1) is 13.2. The van der Waals surface area contributed by atoms with Crippen LogP contribution in [-0.4, -0.2) is 63.7 Å². The van der Waals surface area contributed by atoms with Gasteiger partial charge in [0.2, 0.25) is 17.6 Å². The summed E-state index contributed by atoms with van der Waals surface area (Å²) < 4.78 is 10.3. The lowest BCUT2D eigenvalue weighted by molar-refractivity contribution is -0.117. The molecule has 1 amide bonds. The largest absolute Gasteiger partial charge is 0.360 e. The molecule has 0 aliphatic carbocycles. The van der Waals surface area contributed by atoms with Crippen molar-refractivity contribution in [2.75, 3.05) is 38.0 Å². The molecule has 0 bridgehead atoms. The van der Waals surface area contributed by atoms with E-state index >= 15 is 0 Å². The Hall–Kier alpha value is -2.56. The highest BCUT2D eigenvalue weighted by molar-refractivity contribution is 7.08. The van der Waals surface area contributed by atoms with Crippen LogP contribution in [0.25, 0.3) is 11.4 Å². The van der Waals surface area contributed by atoms with E-state index in [9.17, 15) is 4.79 Å². The fourth-order valence-corrected chi connectivity index (χ4v) is 3.57. The van der Waals surface area contributed by atoms with Crippen molar-refractivity contribution >= 4 is 23.1 Å². The zero-order valence-corrected chi connectivity index (χ0v) is 15.7. The zero-order valence-electron chi connectivity index (χ0n) is 14.9. The van der Waals surface area contributed by atoms with Gasteiger partial charge in [-0.1, -0.05) is 10.3 Å². The molecule has 27 heavy (non-hydrogen) atoms. The van der Waals surface area contributed by atoms with Crippen molar-refractivity contribution in [2.24, 2.45) is 0 Å². The molecule has 1 aliphatic heterocycles. The van der Waals surface area contributed by atoms with Crippen LogP contribution in [-0.2, 0) is 11.3 Å². The van der Waals surface area contributed by atoms with Gasteiger partial charge >= 0.3 is 0 Å². The van der Waals surface area contributed by atoms with Gasteiger partial charge in [0.25, 0.3) is 0 Å². The minimum absolute atomic E-state index is 0.0888. The summed E-state index contributed by atoms with van der Waals surface area (Å²) in [5.41, 5.74) is 0.980. The van der Waals surface area contributed by atoms with E-state index in [1.165, 1.54) is 0 Å². The minimum atomic E-state index is -0.0888. The van der Waals surface area contributed by atoms with Crippen molar-refractivity contribution in [1.82, 2.24) is 25.1 Å². The third-order valence-electron chi connectivity index (χ3n) is 4.33. The summed E-state index contributed by atoms with van der Waals surface area (Å²) in [4.78, 5) is 20.9. The number of carbonyl (C=O) groups excluding carboxylic acids is 1. The molecule has 1 aliphatic rings. The standard InChI is InChI=1S/C17H20N6O3S/c1-12-8-14(20-25-12)18-15(24)9-22-3-5-23(6-4-22)10-16-19-17(21-26-16)13-2-7-27-11-13/h2,7-8,11H,3-6,9-10H2,1H3,(H,18,20,24). The molecular formula is C17H20N6O3S. The molecule has 0 aromatic carbocycles. The van der Waals surface area contributed by atoms with E-state index in [0.29, 0.717) is 36.4 Å². The van der Waals surface area contributed by atoms with Crippen molar-refractivity contribution in [3.05, 3.63) is 34.5 Å². The zero-order chi connectivity index (χ0) is 18.6. The normalized spacial score (nSPS) is 15.9. The molecular weight excluding hydrogens is 368 g/mol. The molecule has 3 aromatic rings. The first kappa shape index (κ1) is 17.8. The summed E-state index contributed by atoms with van der Waals surface area (Å²) >= 11 is 1.61. The fourth-order valence-electron chi connectivity index (χ4n) is 2.94. The van der Waals surface area contributed by atoms with Crippen LogP contribution in [0.5, 0.6) is 0 Å². The van der Waals surface area contributed by atoms with Gasteiger partial charge in [0.05, 0.1) is 13.1 Å². The van der Waals surface area contributed by atoms with E-state index in [0.717, 1.165) is 31.7 Å². The van der Waals surface area contributed by atoms with Crippen LogP contribution >= 0.6 is 11.3 Å². The molecule has 142 valence electrons. The molecule has 1 fully saturated rings. The summed E-state index contributed by atoms with van der Waals surface area (Å²) in [6.45, 7) is 6.03. The fraction of sp³-hybridized carbons (Fsp3) is 0.412. The van der Waals surface area contributed by atoms with E-state index in [-0.39, 0.29) is 5.91 Å². The Morgan fingerprint density at radius 3 is 2.74 bits per heavy atom. The minimum Gasteiger partial charge on any atom is -0.360 e. The summed E-state index contributed by atoms with van der Waals surface area (Å²) in [6.07, 6.45) is 0. The van der Waals surface area contributed by atoms with E-state index in [1.807, 2.05) is 16.8 Å². The van der Waals surface area contributed by atoms with Gasteiger partial charge < -0.3 is 14.4 Å². The molecule has 0 atom stereocenters. The van der Waals surface area contributed by atoms with Gasteiger partial charge in [-0.3, -0.25) is 14.6 Å². The third kappa shape index (κ3) is 4.59. The van der Waals surface area contributed by atoms with Gasteiger partial charge in [-0.05, 0) is 18.4 Å². The molecule has 0 spiro atoms. The highest BCUT2D eigenvalue weighted by atomic mass is 32.1. The molecule has 0 radical (unpaired) electrons. The van der Waals surface area contributed by atoms with E-state index in [4.69, 9.17) is 9.05 Å². The number of hydrogen-bond donors (Lipinski definition) is 1. The average molecular weight is 388 g/mol. The van der Waals surface area contributed by atoms with Crippen molar-refractivity contribution in [3.63, 3.8) is 0 Å². The molecule has 1 N–H and O–H groups in total. The number of amides is 1. The number of aryl methyl sites for hydroxylation is 1. The maximum absolute atomic E-state index is 12.1. The van der Waals surface area contributed by atoms with E-state index < -0.39 is 0 Å². The SMILES string of the molecule is Cc1cc(NC(=O)CN2CCN(Cc3nc(-c4ccsc4)no3)CC2)no1. The number of aromatic nitrogens is 3. The smallest absolute Gasteiger partial charge is 0.241 e. The quantitative estimate of drug-likeness (QED) is 0.683. The van der Waals surface area contributed by atoms with Gasteiger partial charge in [0.15, 0.2) is 5.82 Å². The molecule has 3 aromatic heterocycles. The second-order valence-corrected chi connectivity index (χ2v) is 7.23. The third-order valence-corrected chi connectivity index (χ3v) is 5.02. The second kappa shape index (κ2) is 7.99. The van der Waals surface area contributed by atoms with Crippen LogP contribution in [0.4, 0.5) is 5.82 Å². The van der Waals surface area contributed by atoms with Crippen LogP contribution in [0.15, 0.2) is 31.9 Å². The Balaban J connectivity index is 1.22.